The lowest BCUT2D eigenvalue weighted by Crippen LogP contribution is -2.42. The Morgan fingerprint density at radius 3 is 2.50 bits per heavy atom. The maximum absolute atomic E-state index is 11.7. The van der Waals surface area contributed by atoms with E-state index in [9.17, 15) is 9.59 Å². The van der Waals surface area contributed by atoms with Gasteiger partial charge in [-0.25, -0.2) is 0 Å². The smallest absolute Gasteiger partial charge is 0.257 e. The van der Waals surface area contributed by atoms with Crippen molar-refractivity contribution in [2.75, 3.05) is 20.2 Å². The van der Waals surface area contributed by atoms with Gasteiger partial charge in [-0.3, -0.25) is 19.8 Å². The molecule has 0 saturated carbocycles. The third kappa shape index (κ3) is 4.27. The summed E-state index contributed by atoms with van der Waals surface area (Å²) in [7, 11) is 1.72. The van der Waals surface area contributed by atoms with E-state index in [1.54, 1.807) is 49.2 Å². The number of hydrogen-bond donors (Lipinski definition) is 2. The SMILES string of the molecule is CC(CO)N(C)CC(=O)NC(=O)c1ccccc1. The second-order valence-electron chi connectivity index (χ2n) is 4.19. The molecule has 2 N–H and O–H groups in total. The number of likely N-dealkylation sites (N-methyl/N-ethyl adjacent to an activating group) is 1. The number of benzene rings is 1. The van der Waals surface area contributed by atoms with Crippen LogP contribution in [0.15, 0.2) is 30.3 Å². The first kappa shape index (κ1) is 14.3. The van der Waals surface area contributed by atoms with E-state index >= 15 is 0 Å². The molecule has 98 valence electrons. The summed E-state index contributed by atoms with van der Waals surface area (Å²) in [4.78, 5) is 25.0. The normalized spacial score (nSPS) is 12.2. The molecule has 0 spiro atoms. The van der Waals surface area contributed by atoms with Crippen LogP contribution in [0.4, 0.5) is 0 Å². The molecule has 1 rings (SSSR count). The lowest BCUT2D eigenvalue weighted by atomic mass is 10.2. The van der Waals surface area contributed by atoms with Crippen LogP contribution < -0.4 is 5.32 Å². The summed E-state index contributed by atoms with van der Waals surface area (Å²) in [5.74, 6) is -0.794. The highest BCUT2D eigenvalue weighted by Gasteiger charge is 2.14. The first-order valence-electron chi connectivity index (χ1n) is 5.75. The van der Waals surface area contributed by atoms with Gasteiger partial charge in [-0.15, -0.1) is 0 Å². The molecular weight excluding hydrogens is 232 g/mol. The number of aliphatic hydroxyl groups excluding tert-OH is 1. The van der Waals surface area contributed by atoms with Crippen LogP contribution >= 0.6 is 0 Å². The molecule has 0 fully saturated rings. The second kappa shape index (κ2) is 6.88. The number of rotatable bonds is 5. The maximum Gasteiger partial charge on any atom is 0.257 e. The molecule has 1 atom stereocenters. The van der Waals surface area contributed by atoms with E-state index < -0.39 is 5.91 Å². The number of carbonyl (C=O) groups is 2. The Balaban J connectivity index is 2.48. The molecule has 0 aliphatic carbocycles. The van der Waals surface area contributed by atoms with Gasteiger partial charge in [-0.2, -0.15) is 0 Å². The number of hydrogen-bond acceptors (Lipinski definition) is 4. The zero-order valence-corrected chi connectivity index (χ0v) is 10.6. The number of nitrogens with zero attached hydrogens (tertiary/aromatic N) is 1. The molecule has 0 aliphatic heterocycles. The summed E-state index contributed by atoms with van der Waals surface area (Å²) >= 11 is 0. The number of imide groups is 1. The molecule has 0 saturated heterocycles. The predicted octanol–water partition coefficient (Wildman–Crippen LogP) is 0.256. The van der Waals surface area contributed by atoms with Gasteiger partial charge in [-0.05, 0) is 26.1 Å². The molecule has 5 nitrogen and oxygen atoms in total. The first-order valence-corrected chi connectivity index (χ1v) is 5.75. The molecular formula is C13H18N2O3. The second-order valence-corrected chi connectivity index (χ2v) is 4.19. The minimum atomic E-state index is -0.411. The highest BCUT2D eigenvalue weighted by Crippen LogP contribution is 1.98. The van der Waals surface area contributed by atoms with E-state index in [-0.39, 0.29) is 25.1 Å². The van der Waals surface area contributed by atoms with E-state index in [0.29, 0.717) is 5.56 Å². The largest absolute Gasteiger partial charge is 0.395 e. The molecule has 0 radical (unpaired) electrons. The maximum atomic E-state index is 11.7. The van der Waals surface area contributed by atoms with E-state index in [1.165, 1.54) is 0 Å². The Labute approximate surface area is 106 Å². The average Bonchev–Trinajstić information content (AvgIpc) is 2.38. The van der Waals surface area contributed by atoms with Gasteiger partial charge in [-0.1, -0.05) is 18.2 Å². The summed E-state index contributed by atoms with van der Waals surface area (Å²) in [5.41, 5.74) is 0.448. The number of nitrogens with one attached hydrogen (secondary N) is 1. The molecule has 5 heteroatoms. The van der Waals surface area contributed by atoms with Crippen molar-refractivity contribution in [3.8, 4) is 0 Å². The van der Waals surface area contributed by atoms with Crippen molar-refractivity contribution in [2.24, 2.45) is 0 Å². The van der Waals surface area contributed by atoms with Gasteiger partial charge in [0.05, 0.1) is 13.2 Å². The minimum Gasteiger partial charge on any atom is -0.395 e. The van der Waals surface area contributed by atoms with Gasteiger partial charge in [0.1, 0.15) is 0 Å². The zero-order valence-electron chi connectivity index (χ0n) is 10.6. The predicted molar refractivity (Wildman–Crippen MR) is 68.1 cm³/mol. The van der Waals surface area contributed by atoms with Crippen molar-refractivity contribution in [3.05, 3.63) is 35.9 Å². The van der Waals surface area contributed by atoms with Crippen molar-refractivity contribution >= 4 is 11.8 Å². The van der Waals surface area contributed by atoms with Gasteiger partial charge >= 0.3 is 0 Å². The molecule has 1 aromatic rings. The Bertz CT molecular complexity index is 406. The summed E-state index contributed by atoms with van der Waals surface area (Å²) in [6.07, 6.45) is 0. The number of aliphatic hydroxyl groups is 1. The summed E-state index contributed by atoms with van der Waals surface area (Å²) in [5, 5.41) is 11.2. The van der Waals surface area contributed by atoms with E-state index in [1.807, 2.05) is 0 Å². The summed E-state index contributed by atoms with van der Waals surface area (Å²) in [6.45, 7) is 1.84. The minimum absolute atomic E-state index is 0.0313. The summed E-state index contributed by atoms with van der Waals surface area (Å²) in [6, 6.07) is 8.43. The van der Waals surface area contributed by atoms with E-state index in [2.05, 4.69) is 5.32 Å². The van der Waals surface area contributed by atoms with E-state index in [0.717, 1.165) is 0 Å². The van der Waals surface area contributed by atoms with Crippen molar-refractivity contribution in [1.29, 1.82) is 0 Å². The van der Waals surface area contributed by atoms with Gasteiger partial charge < -0.3 is 5.11 Å². The van der Waals surface area contributed by atoms with E-state index in [4.69, 9.17) is 5.11 Å². The van der Waals surface area contributed by atoms with Crippen molar-refractivity contribution in [2.45, 2.75) is 13.0 Å². The molecule has 0 heterocycles. The third-order valence-electron chi connectivity index (χ3n) is 2.70. The molecule has 1 aromatic carbocycles. The van der Waals surface area contributed by atoms with Gasteiger partial charge in [0.25, 0.3) is 5.91 Å². The van der Waals surface area contributed by atoms with Crippen LogP contribution in [-0.4, -0.2) is 48.1 Å². The Morgan fingerprint density at radius 1 is 1.33 bits per heavy atom. The topological polar surface area (TPSA) is 69.6 Å². The zero-order chi connectivity index (χ0) is 13.5. The van der Waals surface area contributed by atoms with Crippen LogP contribution in [0.5, 0.6) is 0 Å². The molecule has 2 amide bonds. The molecule has 0 bridgehead atoms. The first-order chi connectivity index (χ1) is 8.54. The monoisotopic (exact) mass is 250 g/mol. The van der Waals surface area contributed by atoms with Gasteiger partial charge in [0.15, 0.2) is 0 Å². The third-order valence-corrected chi connectivity index (χ3v) is 2.70. The van der Waals surface area contributed by atoms with Gasteiger partial charge in [0, 0.05) is 11.6 Å². The van der Waals surface area contributed by atoms with Crippen LogP contribution in [-0.2, 0) is 4.79 Å². The summed E-state index contributed by atoms with van der Waals surface area (Å²) < 4.78 is 0. The lowest BCUT2D eigenvalue weighted by molar-refractivity contribution is -0.121. The van der Waals surface area contributed by atoms with Gasteiger partial charge in [0.2, 0.25) is 5.91 Å². The fraction of sp³-hybridized carbons (Fsp3) is 0.385. The van der Waals surface area contributed by atoms with Crippen LogP contribution in [0.2, 0.25) is 0 Å². The van der Waals surface area contributed by atoms with Crippen LogP contribution in [0.3, 0.4) is 0 Å². The highest BCUT2D eigenvalue weighted by atomic mass is 16.3. The quantitative estimate of drug-likeness (QED) is 0.786. The van der Waals surface area contributed by atoms with Crippen LogP contribution in [0.25, 0.3) is 0 Å². The Kier molecular flexibility index (Phi) is 5.48. The standard InChI is InChI=1S/C13H18N2O3/c1-10(9-16)15(2)8-12(17)14-13(18)11-6-4-3-5-7-11/h3-7,10,16H,8-9H2,1-2H3,(H,14,17,18). The van der Waals surface area contributed by atoms with Crippen LogP contribution in [0.1, 0.15) is 17.3 Å². The average molecular weight is 250 g/mol. The molecule has 1 unspecified atom stereocenters. The highest BCUT2D eigenvalue weighted by molar-refractivity contribution is 6.05. The van der Waals surface area contributed by atoms with Crippen molar-refractivity contribution in [1.82, 2.24) is 10.2 Å². The molecule has 18 heavy (non-hydrogen) atoms. The lowest BCUT2D eigenvalue weighted by Gasteiger charge is -2.21. The fourth-order valence-corrected chi connectivity index (χ4v) is 1.35. The number of carbonyl (C=O) groups excluding carboxylic acids is 2. The molecule has 0 aromatic heterocycles. The van der Waals surface area contributed by atoms with Crippen molar-refractivity contribution in [3.63, 3.8) is 0 Å². The number of amides is 2. The fourth-order valence-electron chi connectivity index (χ4n) is 1.35. The van der Waals surface area contributed by atoms with Crippen LogP contribution in [0, 0.1) is 0 Å². The van der Waals surface area contributed by atoms with Crippen molar-refractivity contribution < 1.29 is 14.7 Å². The molecule has 0 aliphatic rings. The Morgan fingerprint density at radius 2 is 1.94 bits per heavy atom. The Hall–Kier alpha value is -1.72.